The molecular weight excluding hydrogens is 964 g/mol. The molecule has 0 fully saturated rings. The summed E-state index contributed by atoms with van der Waals surface area (Å²) >= 11 is 0. The Kier molecular flexibility index (Phi) is 54.3. The Balaban J connectivity index is 5.16. The average Bonchev–Trinajstić information content (AvgIpc) is 3.38. The fourth-order valence-corrected chi connectivity index (χ4v) is 9.91. The van der Waals surface area contributed by atoms with E-state index in [1.807, 2.05) is 33.3 Å². The molecule has 0 aliphatic carbocycles. The third-order valence-corrected chi connectivity index (χ3v) is 15.2. The highest BCUT2D eigenvalue weighted by Gasteiger charge is 2.27. The molecule has 0 heterocycles. The summed E-state index contributed by atoms with van der Waals surface area (Å²) in [7, 11) is 1.18. The van der Waals surface area contributed by atoms with Gasteiger partial charge in [-0.15, -0.1) is 0 Å². The van der Waals surface area contributed by atoms with Gasteiger partial charge in [0, 0.05) is 12.8 Å². The summed E-state index contributed by atoms with van der Waals surface area (Å²) in [5, 5.41) is 3.02. The van der Waals surface area contributed by atoms with Crippen LogP contribution in [-0.2, 0) is 27.9 Å². The van der Waals surface area contributed by atoms with Crippen molar-refractivity contribution in [3.8, 4) is 0 Å². The highest BCUT2D eigenvalue weighted by atomic mass is 31.2. The van der Waals surface area contributed by atoms with Crippen LogP contribution in [0.15, 0.2) is 60.8 Å². The predicted octanol–water partition coefficient (Wildman–Crippen LogP) is 19.2. The zero-order chi connectivity index (χ0) is 55.7. The molecule has 3 atom stereocenters. The van der Waals surface area contributed by atoms with Gasteiger partial charge < -0.3 is 28.5 Å². The van der Waals surface area contributed by atoms with Crippen molar-refractivity contribution in [1.82, 2.24) is 5.32 Å². The van der Waals surface area contributed by atoms with E-state index in [1.165, 1.54) is 167 Å². The third-order valence-electron chi connectivity index (χ3n) is 14.2. The van der Waals surface area contributed by atoms with Crippen molar-refractivity contribution >= 4 is 19.7 Å². The summed E-state index contributed by atoms with van der Waals surface area (Å²) < 4.78 is 30.3. The molecule has 0 spiro atoms. The number of nitrogens with zero attached hydrogens (tertiary/aromatic N) is 1. The van der Waals surface area contributed by atoms with Crippen molar-refractivity contribution in [2.75, 3.05) is 40.9 Å². The van der Waals surface area contributed by atoms with Gasteiger partial charge >= 0.3 is 5.97 Å². The molecular formula is C66H123N2O7P. The van der Waals surface area contributed by atoms with Crippen molar-refractivity contribution in [3.63, 3.8) is 0 Å². The highest BCUT2D eigenvalue weighted by molar-refractivity contribution is 7.45. The SMILES string of the molecule is CCCCC/C=C\C/C=C\CCCCCCCCCCCCCCCC(=O)OC(/C=C\CCCCCCCCCCCC)C(COP(=O)([O-])OCC[N+](C)(C)C)NC(=O)CCCCCCCC/C=C/C=C/CCCCC. The van der Waals surface area contributed by atoms with Gasteiger partial charge in [0.1, 0.15) is 19.3 Å². The summed E-state index contributed by atoms with van der Waals surface area (Å²) in [6.45, 7) is 6.80. The number of phosphoric ester groups is 1. The molecule has 0 aromatic carbocycles. The first-order valence-electron chi connectivity index (χ1n) is 32.1. The number of quaternary nitrogens is 1. The van der Waals surface area contributed by atoms with Gasteiger partial charge in [-0.3, -0.25) is 14.2 Å². The van der Waals surface area contributed by atoms with E-state index in [1.54, 1.807) is 0 Å². The fourth-order valence-electron chi connectivity index (χ4n) is 9.19. The number of carbonyl (C=O) groups excluding carboxylic acids is 2. The normalized spacial score (nSPS) is 14.0. The minimum absolute atomic E-state index is 0.0253. The van der Waals surface area contributed by atoms with Gasteiger partial charge in [-0.05, 0) is 89.5 Å². The second-order valence-electron chi connectivity index (χ2n) is 22.9. The van der Waals surface area contributed by atoms with Crippen LogP contribution in [0.1, 0.15) is 297 Å². The van der Waals surface area contributed by atoms with E-state index < -0.39 is 26.6 Å². The number of carbonyl (C=O) groups is 2. The van der Waals surface area contributed by atoms with Gasteiger partial charge in [-0.25, -0.2) is 0 Å². The van der Waals surface area contributed by atoms with Crippen molar-refractivity contribution < 1.29 is 37.3 Å². The van der Waals surface area contributed by atoms with Crippen molar-refractivity contribution in [3.05, 3.63) is 60.8 Å². The molecule has 444 valence electrons. The maximum absolute atomic E-state index is 13.5. The van der Waals surface area contributed by atoms with Crippen LogP contribution in [0.4, 0.5) is 0 Å². The first kappa shape index (κ1) is 73.7. The van der Waals surface area contributed by atoms with Gasteiger partial charge in [-0.2, -0.15) is 0 Å². The molecule has 0 saturated heterocycles. The van der Waals surface area contributed by atoms with E-state index in [2.05, 4.69) is 74.7 Å². The van der Waals surface area contributed by atoms with E-state index in [9.17, 15) is 19.0 Å². The number of ether oxygens (including phenoxy) is 1. The number of hydrogen-bond donors (Lipinski definition) is 1. The van der Waals surface area contributed by atoms with Crippen LogP contribution in [0.25, 0.3) is 0 Å². The number of unbranched alkanes of at least 4 members (excludes halogenated alkanes) is 35. The second-order valence-corrected chi connectivity index (χ2v) is 24.3. The number of allylic oxidation sites excluding steroid dienone is 9. The molecule has 0 aliphatic heterocycles. The Labute approximate surface area is 471 Å². The number of rotatable bonds is 58. The summed E-state index contributed by atoms with van der Waals surface area (Å²) in [6, 6.07) is -0.895. The molecule has 9 nitrogen and oxygen atoms in total. The predicted molar refractivity (Wildman–Crippen MR) is 325 cm³/mol. The van der Waals surface area contributed by atoms with Crippen molar-refractivity contribution in [2.45, 2.75) is 309 Å². The van der Waals surface area contributed by atoms with E-state index >= 15 is 0 Å². The molecule has 0 saturated carbocycles. The van der Waals surface area contributed by atoms with Crippen LogP contribution in [0.2, 0.25) is 0 Å². The van der Waals surface area contributed by atoms with Gasteiger partial charge in [-0.1, -0.05) is 255 Å². The molecule has 0 aromatic heterocycles. The topological polar surface area (TPSA) is 114 Å². The molecule has 0 radical (unpaired) electrons. The molecule has 0 aliphatic rings. The molecule has 0 aromatic rings. The zero-order valence-electron chi connectivity index (χ0n) is 50.7. The number of amides is 1. The Morgan fingerprint density at radius 3 is 1.29 bits per heavy atom. The Hall–Kier alpha value is -2.29. The molecule has 1 N–H and O–H groups in total. The van der Waals surface area contributed by atoms with Crippen LogP contribution in [0, 0.1) is 0 Å². The molecule has 0 bridgehead atoms. The maximum Gasteiger partial charge on any atom is 0.306 e. The summed E-state index contributed by atoms with van der Waals surface area (Å²) in [4.78, 5) is 40.0. The lowest BCUT2D eigenvalue weighted by Gasteiger charge is -2.30. The summed E-state index contributed by atoms with van der Waals surface area (Å²) in [6.07, 6.45) is 70.4. The highest BCUT2D eigenvalue weighted by Crippen LogP contribution is 2.38. The van der Waals surface area contributed by atoms with Crippen LogP contribution in [0.3, 0.4) is 0 Å². The van der Waals surface area contributed by atoms with Gasteiger partial charge in [0.05, 0.1) is 33.8 Å². The minimum Gasteiger partial charge on any atom is -0.756 e. The van der Waals surface area contributed by atoms with E-state index in [-0.39, 0.29) is 24.9 Å². The first-order chi connectivity index (χ1) is 36.9. The zero-order valence-corrected chi connectivity index (χ0v) is 51.6. The molecule has 1 amide bonds. The van der Waals surface area contributed by atoms with Gasteiger partial charge in [0.25, 0.3) is 7.82 Å². The monoisotopic (exact) mass is 1090 g/mol. The van der Waals surface area contributed by atoms with Crippen molar-refractivity contribution in [2.24, 2.45) is 0 Å². The van der Waals surface area contributed by atoms with Crippen LogP contribution >= 0.6 is 7.82 Å². The van der Waals surface area contributed by atoms with Crippen LogP contribution in [0.5, 0.6) is 0 Å². The standard InChI is InChI=1S/C66H123N2O7P/c1-7-10-13-16-19-22-25-28-30-31-32-33-34-35-36-37-39-41-44-47-50-53-56-59-66(70)75-64(57-54-51-48-45-42-27-24-21-18-15-12-9-3)63(62-74-76(71,72)73-61-60-68(4,5)6)67-65(69)58-55-52-49-46-43-40-38-29-26-23-20-17-14-11-8-2/h19-20,22-23,26,28-30,54,57,63-64H,7-18,21,24-25,27,31-53,55-56,58-62H2,1-6H3,(H-,67,69,71,72)/b22-19-,23-20+,29-26+,30-28-,57-54-. The Morgan fingerprint density at radius 2 is 0.842 bits per heavy atom. The molecule has 76 heavy (non-hydrogen) atoms. The largest absolute Gasteiger partial charge is 0.756 e. The van der Waals surface area contributed by atoms with Gasteiger partial charge in [0.15, 0.2) is 0 Å². The van der Waals surface area contributed by atoms with Crippen molar-refractivity contribution in [1.29, 1.82) is 0 Å². The number of hydrogen-bond acceptors (Lipinski definition) is 7. The lowest BCUT2D eigenvalue weighted by atomic mass is 10.0. The number of likely N-dealkylation sites (N-methyl/N-ethyl adjacent to an activating group) is 1. The minimum atomic E-state index is -4.70. The van der Waals surface area contributed by atoms with Crippen LogP contribution in [-0.4, -0.2) is 69.4 Å². The molecule has 0 rings (SSSR count). The maximum atomic E-state index is 13.5. The molecule has 3 unspecified atom stereocenters. The fraction of sp³-hybridized carbons (Fsp3) is 0.818. The Bertz CT molecular complexity index is 1490. The lowest BCUT2D eigenvalue weighted by Crippen LogP contribution is -2.47. The smallest absolute Gasteiger partial charge is 0.306 e. The number of phosphoric acid groups is 1. The average molecular weight is 1090 g/mol. The summed E-state index contributed by atoms with van der Waals surface area (Å²) in [5.41, 5.74) is 0. The van der Waals surface area contributed by atoms with Crippen LogP contribution < -0.4 is 10.2 Å². The van der Waals surface area contributed by atoms with E-state index in [0.29, 0.717) is 17.4 Å². The quantitative estimate of drug-likeness (QED) is 0.0161. The number of nitrogens with one attached hydrogen (secondary N) is 1. The van der Waals surface area contributed by atoms with E-state index in [4.69, 9.17) is 13.8 Å². The third kappa shape index (κ3) is 56.4. The van der Waals surface area contributed by atoms with Gasteiger partial charge in [0.2, 0.25) is 5.91 Å². The van der Waals surface area contributed by atoms with E-state index in [0.717, 1.165) is 96.3 Å². The first-order valence-corrected chi connectivity index (χ1v) is 33.6. The Morgan fingerprint density at radius 1 is 0.474 bits per heavy atom. The molecule has 10 heteroatoms. The lowest BCUT2D eigenvalue weighted by molar-refractivity contribution is -0.870. The summed E-state index contributed by atoms with van der Waals surface area (Å²) in [5.74, 6) is -0.549. The number of esters is 1. The second kappa shape index (κ2) is 56.0.